The van der Waals surface area contributed by atoms with E-state index < -0.39 is 0 Å². The fourth-order valence-electron chi connectivity index (χ4n) is 1.85. The molecule has 2 rings (SSSR count). The van der Waals surface area contributed by atoms with Gasteiger partial charge in [0, 0.05) is 5.56 Å². The van der Waals surface area contributed by atoms with Gasteiger partial charge in [-0.1, -0.05) is 45.0 Å². The largest absolute Gasteiger partial charge is 0.356 e. The number of nitrogens with one attached hydrogen (secondary N) is 1. The van der Waals surface area contributed by atoms with Crippen molar-refractivity contribution < 1.29 is 0 Å². The second-order valence-electron chi connectivity index (χ2n) is 5.64. The van der Waals surface area contributed by atoms with Crippen LogP contribution in [-0.2, 0) is 5.41 Å². The van der Waals surface area contributed by atoms with E-state index in [2.05, 4.69) is 60.6 Å². The zero-order chi connectivity index (χ0) is 14.6. The summed E-state index contributed by atoms with van der Waals surface area (Å²) in [6.07, 6.45) is 0. The zero-order valence-electron chi connectivity index (χ0n) is 12.0. The van der Waals surface area contributed by atoms with Crippen LogP contribution in [0.5, 0.6) is 0 Å². The molecule has 0 saturated carbocycles. The third-order valence-electron chi connectivity index (χ3n) is 3.06. The van der Waals surface area contributed by atoms with Crippen molar-refractivity contribution in [3.8, 4) is 17.3 Å². The Morgan fingerprint density at radius 1 is 1.05 bits per heavy atom. The van der Waals surface area contributed by atoms with Gasteiger partial charge in [-0.05, 0) is 23.1 Å². The Labute approximate surface area is 119 Å². The maximum Gasteiger partial charge on any atom is 0.149 e. The zero-order valence-corrected chi connectivity index (χ0v) is 12.0. The average Bonchev–Trinajstić information content (AvgIpc) is 2.45. The SMILES string of the molecule is CC(C)(C)c1ccc(-c2ccc(NCC#N)nn2)cc1. The molecule has 0 aliphatic heterocycles. The lowest BCUT2D eigenvalue weighted by Crippen LogP contribution is -2.10. The fraction of sp³-hybridized carbons (Fsp3) is 0.312. The van der Waals surface area contributed by atoms with Gasteiger partial charge in [-0.15, -0.1) is 10.2 Å². The van der Waals surface area contributed by atoms with Crippen molar-refractivity contribution in [3.05, 3.63) is 42.0 Å². The van der Waals surface area contributed by atoms with Crippen LogP contribution in [0.4, 0.5) is 5.82 Å². The summed E-state index contributed by atoms with van der Waals surface area (Å²) in [5, 5.41) is 19.6. The van der Waals surface area contributed by atoms with Crippen molar-refractivity contribution in [2.24, 2.45) is 0 Å². The van der Waals surface area contributed by atoms with E-state index in [4.69, 9.17) is 5.26 Å². The van der Waals surface area contributed by atoms with Gasteiger partial charge in [0.25, 0.3) is 0 Å². The lowest BCUT2D eigenvalue weighted by Gasteiger charge is -2.19. The van der Waals surface area contributed by atoms with E-state index in [-0.39, 0.29) is 12.0 Å². The molecule has 4 nitrogen and oxygen atoms in total. The van der Waals surface area contributed by atoms with Crippen LogP contribution in [0.25, 0.3) is 11.3 Å². The summed E-state index contributed by atoms with van der Waals surface area (Å²) in [6.45, 7) is 6.81. The Hall–Kier alpha value is -2.41. The number of anilines is 1. The van der Waals surface area contributed by atoms with Gasteiger partial charge in [-0.3, -0.25) is 0 Å². The second-order valence-corrected chi connectivity index (χ2v) is 5.64. The first kappa shape index (κ1) is 14.0. The minimum Gasteiger partial charge on any atom is -0.356 e. The molecule has 0 unspecified atom stereocenters. The van der Waals surface area contributed by atoms with Crippen LogP contribution in [0.3, 0.4) is 0 Å². The first-order valence-corrected chi connectivity index (χ1v) is 6.56. The van der Waals surface area contributed by atoms with Crippen LogP contribution >= 0.6 is 0 Å². The van der Waals surface area contributed by atoms with Crippen molar-refractivity contribution in [2.75, 3.05) is 11.9 Å². The van der Waals surface area contributed by atoms with E-state index in [0.29, 0.717) is 5.82 Å². The molecule has 0 atom stereocenters. The third-order valence-corrected chi connectivity index (χ3v) is 3.06. The van der Waals surface area contributed by atoms with E-state index in [1.165, 1.54) is 5.56 Å². The summed E-state index contributed by atoms with van der Waals surface area (Å²) in [5.74, 6) is 0.613. The molecule has 0 fully saturated rings. The lowest BCUT2D eigenvalue weighted by molar-refractivity contribution is 0.590. The van der Waals surface area contributed by atoms with Gasteiger partial charge in [-0.25, -0.2) is 0 Å². The molecule has 0 saturated heterocycles. The summed E-state index contributed by atoms with van der Waals surface area (Å²) in [4.78, 5) is 0. The summed E-state index contributed by atoms with van der Waals surface area (Å²) in [7, 11) is 0. The lowest BCUT2D eigenvalue weighted by atomic mass is 9.86. The van der Waals surface area contributed by atoms with Gasteiger partial charge in [0.15, 0.2) is 0 Å². The molecule has 2 aromatic rings. The molecule has 4 heteroatoms. The van der Waals surface area contributed by atoms with E-state index in [9.17, 15) is 0 Å². The van der Waals surface area contributed by atoms with Crippen LogP contribution in [0.2, 0.25) is 0 Å². The smallest absolute Gasteiger partial charge is 0.149 e. The van der Waals surface area contributed by atoms with Crippen LogP contribution in [0.1, 0.15) is 26.3 Å². The Bertz CT molecular complexity index is 601. The molecule has 0 aliphatic rings. The number of hydrogen-bond donors (Lipinski definition) is 1. The Morgan fingerprint density at radius 3 is 2.25 bits per heavy atom. The fourth-order valence-corrected chi connectivity index (χ4v) is 1.85. The average molecular weight is 266 g/mol. The van der Waals surface area contributed by atoms with E-state index in [1.807, 2.05) is 18.2 Å². The molecule has 0 aliphatic carbocycles. The van der Waals surface area contributed by atoms with Gasteiger partial charge in [-0.2, -0.15) is 5.26 Å². The van der Waals surface area contributed by atoms with Gasteiger partial charge >= 0.3 is 0 Å². The number of nitriles is 1. The molecule has 0 bridgehead atoms. The normalized spacial score (nSPS) is 10.9. The van der Waals surface area contributed by atoms with Gasteiger partial charge in [0.2, 0.25) is 0 Å². The van der Waals surface area contributed by atoms with Gasteiger partial charge in [0.05, 0.1) is 11.8 Å². The predicted octanol–water partition coefficient (Wildman–Crippen LogP) is 3.38. The predicted molar refractivity (Wildman–Crippen MR) is 80.3 cm³/mol. The highest BCUT2D eigenvalue weighted by molar-refractivity contribution is 5.60. The summed E-state index contributed by atoms with van der Waals surface area (Å²) in [5.41, 5.74) is 3.31. The van der Waals surface area contributed by atoms with Crippen molar-refractivity contribution >= 4 is 5.82 Å². The highest BCUT2D eigenvalue weighted by Gasteiger charge is 2.13. The number of benzene rings is 1. The number of nitrogens with zero attached hydrogens (tertiary/aromatic N) is 3. The van der Waals surface area contributed by atoms with Gasteiger partial charge in [0.1, 0.15) is 12.4 Å². The molecular weight excluding hydrogens is 248 g/mol. The van der Waals surface area contributed by atoms with Crippen molar-refractivity contribution in [2.45, 2.75) is 26.2 Å². The molecule has 1 aromatic heterocycles. The quantitative estimate of drug-likeness (QED) is 0.865. The van der Waals surface area contributed by atoms with Crippen molar-refractivity contribution in [1.82, 2.24) is 10.2 Å². The van der Waals surface area contributed by atoms with Crippen molar-refractivity contribution in [3.63, 3.8) is 0 Å². The minimum atomic E-state index is 0.148. The Kier molecular flexibility index (Phi) is 3.99. The molecule has 0 amide bonds. The van der Waals surface area contributed by atoms with E-state index in [1.54, 1.807) is 0 Å². The topological polar surface area (TPSA) is 61.6 Å². The highest BCUT2D eigenvalue weighted by Crippen LogP contribution is 2.25. The van der Waals surface area contributed by atoms with E-state index in [0.717, 1.165) is 11.3 Å². The highest BCUT2D eigenvalue weighted by atomic mass is 15.2. The Morgan fingerprint density at radius 2 is 1.75 bits per heavy atom. The number of hydrogen-bond acceptors (Lipinski definition) is 4. The van der Waals surface area contributed by atoms with Crippen LogP contribution in [0, 0.1) is 11.3 Å². The second kappa shape index (κ2) is 5.70. The standard InChI is InChI=1S/C16H18N4/c1-16(2,3)13-6-4-12(5-7-13)14-8-9-15(20-19-14)18-11-10-17/h4-9H,11H2,1-3H3,(H,18,20). The molecule has 1 N–H and O–H groups in total. The maximum absolute atomic E-state index is 8.49. The van der Waals surface area contributed by atoms with Crippen LogP contribution in [-0.4, -0.2) is 16.7 Å². The molecule has 1 heterocycles. The third kappa shape index (κ3) is 3.33. The maximum atomic E-state index is 8.49. The summed E-state index contributed by atoms with van der Waals surface area (Å²) < 4.78 is 0. The number of rotatable bonds is 3. The van der Waals surface area contributed by atoms with Gasteiger partial charge < -0.3 is 5.32 Å². The number of aromatic nitrogens is 2. The minimum absolute atomic E-state index is 0.148. The molecule has 1 aromatic carbocycles. The monoisotopic (exact) mass is 266 g/mol. The molecule has 0 radical (unpaired) electrons. The van der Waals surface area contributed by atoms with E-state index >= 15 is 0 Å². The molecule has 20 heavy (non-hydrogen) atoms. The molecule has 102 valence electrons. The molecular formula is C16H18N4. The first-order chi connectivity index (χ1) is 9.50. The first-order valence-electron chi connectivity index (χ1n) is 6.56. The Balaban J connectivity index is 2.18. The molecule has 0 spiro atoms. The van der Waals surface area contributed by atoms with Crippen molar-refractivity contribution in [1.29, 1.82) is 5.26 Å². The summed E-state index contributed by atoms with van der Waals surface area (Å²) >= 11 is 0. The van der Waals surface area contributed by atoms with Crippen LogP contribution < -0.4 is 5.32 Å². The van der Waals surface area contributed by atoms with Crippen LogP contribution in [0.15, 0.2) is 36.4 Å². The summed E-state index contributed by atoms with van der Waals surface area (Å²) in [6, 6.07) is 14.1.